The second kappa shape index (κ2) is 16.6. The highest BCUT2D eigenvalue weighted by Crippen LogP contribution is 2.35. The molecule has 5 nitrogen and oxygen atoms in total. The molecule has 0 N–H and O–H groups in total. The fraction of sp³-hybridized carbons (Fsp3) is 0.333. The van der Waals surface area contributed by atoms with Gasteiger partial charge in [0.2, 0.25) is 0 Å². The molecule has 1 aliphatic rings. The molecule has 42 heavy (non-hydrogen) atoms. The van der Waals surface area contributed by atoms with Gasteiger partial charge in [-0.2, -0.15) is 0 Å². The Balaban J connectivity index is 1.40. The van der Waals surface area contributed by atoms with Crippen molar-refractivity contribution < 1.29 is 23.7 Å². The Bertz CT molecular complexity index is 1280. The van der Waals surface area contributed by atoms with Crippen molar-refractivity contribution in [3.63, 3.8) is 0 Å². The first-order valence-electron chi connectivity index (χ1n) is 14.7. The van der Waals surface area contributed by atoms with Gasteiger partial charge in [-0.3, -0.25) is 0 Å². The minimum atomic E-state index is -0.404. The third-order valence-corrected chi connectivity index (χ3v) is 8.21. The number of rotatable bonds is 15. The van der Waals surface area contributed by atoms with Gasteiger partial charge >= 0.3 is 0 Å². The molecule has 1 aliphatic heterocycles. The van der Waals surface area contributed by atoms with Gasteiger partial charge in [0.15, 0.2) is 0 Å². The van der Waals surface area contributed by atoms with E-state index in [9.17, 15) is 0 Å². The molecule has 0 amide bonds. The maximum Gasteiger partial charge on any atom is 0.132 e. The molecular weight excluding hydrogens is 544 g/mol. The van der Waals surface area contributed by atoms with E-state index in [4.69, 9.17) is 23.7 Å². The first kappa shape index (κ1) is 30.5. The first-order valence-corrected chi connectivity index (χ1v) is 15.7. The predicted octanol–water partition coefficient (Wildman–Crippen LogP) is 7.44. The average Bonchev–Trinajstić information content (AvgIpc) is 3.05. The van der Waals surface area contributed by atoms with Crippen LogP contribution in [0.2, 0.25) is 0 Å². The molecule has 0 aliphatic carbocycles. The van der Waals surface area contributed by atoms with Crippen molar-refractivity contribution in [2.24, 2.45) is 0 Å². The van der Waals surface area contributed by atoms with Crippen LogP contribution in [-0.2, 0) is 50.1 Å². The van der Waals surface area contributed by atoms with Crippen molar-refractivity contribution in [1.82, 2.24) is 0 Å². The monoisotopic (exact) mass is 584 g/mol. The van der Waals surface area contributed by atoms with Gasteiger partial charge < -0.3 is 23.7 Å². The lowest BCUT2D eigenvalue weighted by Gasteiger charge is -2.46. The molecule has 1 heterocycles. The van der Waals surface area contributed by atoms with Crippen molar-refractivity contribution in [1.29, 1.82) is 0 Å². The highest BCUT2D eigenvalue weighted by molar-refractivity contribution is 7.99. The van der Waals surface area contributed by atoms with E-state index >= 15 is 0 Å². The third-order valence-electron chi connectivity index (χ3n) is 7.17. The summed E-state index contributed by atoms with van der Waals surface area (Å²) < 4.78 is 33.1. The number of benzene rings is 4. The molecule has 0 bridgehead atoms. The smallest absolute Gasteiger partial charge is 0.132 e. The molecular formula is C36H40O5S. The molecule has 5 rings (SSSR count). The molecule has 4 aromatic carbocycles. The summed E-state index contributed by atoms with van der Waals surface area (Å²) in [6.07, 6.45) is -1.45. The zero-order valence-electron chi connectivity index (χ0n) is 24.1. The summed E-state index contributed by atoms with van der Waals surface area (Å²) in [6.45, 7) is 4.37. The third kappa shape index (κ3) is 9.01. The Morgan fingerprint density at radius 1 is 0.524 bits per heavy atom. The fourth-order valence-corrected chi connectivity index (χ4v) is 6.02. The van der Waals surface area contributed by atoms with Crippen molar-refractivity contribution in [2.45, 2.75) is 63.2 Å². The minimum Gasteiger partial charge on any atom is -0.374 e. The van der Waals surface area contributed by atoms with Crippen molar-refractivity contribution in [3.05, 3.63) is 144 Å². The van der Waals surface area contributed by atoms with Crippen LogP contribution < -0.4 is 0 Å². The molecule has 1 saturated heterocycles. The zero-order chi connectivity index (χ0) is 28.8. The van der Waals surface area contributed by atoms with E-state index < -0.39 is 6.10 Å². The Morgan fingerprint density at radius 3 is 1.38 bits per heavy atom. The van der Waals surface area contributed by atoms with E-state index in [1.807, 2.05) is 72.8 Å². The van der Waals surface area contributed by atoms with Crippen LogP contribution in [-0.4, -0.2) is 42.2 Å². The molecule has 1 fully saturated rings. The summed E-state index contributed by atoms with van der Waals surface area (Å²) in [5, 5.41) is 0. The predicted molar refractivity (Wildman–Crippen MR) is 168 cm³/mol. The minimum absolute atomic E-state index is 0.235. The van der Waals surface area contributed by atoms with Crippen LogP contribution in [0, 0.1) is 0 Å². The quantitative estimate of drug-likeness (QED) is 0.145. The van der Waals surface area contributed by atoms with E-state index in [-0.39, 0.29) is 23.7 Å². The van der Waals surface area contributed by atoms with Crippen LogP contribution in [0.15, 0.2) is 121 Å². The molecule has 0 aromatic heterocycles. The summed E-state index contributed by atoms with van der Waals surface area (Å²) in [4.78, 5) is 0. The van der Waals surface area contributed by atoms with Crippen LogP contribution in [0.5, 0.6) is 0 Å². The van der Waals surface area contributed by atoms with Crippen molar-refractivity contribution in [3.8, 4) is 0 Å². The summed E-state index contributed by atoms with van der Waals surface area (Å²) in [5.74, 6) is 0.883. The Hall–Kier alpha value is -2.97. The van der Waals surface area contributed by atoms with E-state index in [0.29, 0.717) is 33.0 Å². The molecule has 4 aromatic rings. The number of ether oxygens (including phenoxy) is 5. The Labute approximate surface area is 254 Å². The van der Waals surface area contributed by atoms with Gasteiger partial charge in [-0.1, -0.05) is 128 Å². The van der Waals surface area contributed by atoms with Crippen LogP contribution in [0.3, 0.4) is 0 Å². The van der Waals surface area contributed by atoms with Gasteiger partial charge in [0.25, 0.3) is 0 Å². The van der Waals surface area contributed by atoms with Gasteiger partial charge in [0.05, 0.1) is 33.0 Å². The zero-order valence-corrected chi connectivity index (χ0v) is 24.9. The van der Waals surface area contributed by atoms with Crippen LogP contribution in [0.25, 0.3) is 0 Å². The highest BCUT2D eigenvalue weighted by atomic mass is 32.2. The molecule has 5 atom stereocenters. The first-order chi connectivity index (χ1) is 20.8. The van der Waals surface area contributed by atoms with Gasteiger partial charge in [-0.05, 0) is 28.0 Å². The summed E-state index contributed by atoms with van der Waals surface area (Å²) in [7, 11) is 0. The summed E-state index contributed by atoms with van der Waals surface area (Å²) >= 11 is 1.73. The summed E-state index contributed by atoms with van der Waals surface area (Å²) in [6, 6.07) is 40.9. The molecule has 0 unspecified atom stereocenters. The van der Waals surface area contributed by atoms with Gasteiger partial charge in [-0.25, -0.2) is 0 Å². The van der Waals surface area contributed by atoms with E-state index in [1.165, 1.54) is 0 Å². The standard InChI is InChI=1S/C36H40O5S/c1-2-42-36-35(40-26-31-21-13-6-14-22-31)34(39-25-30-19-11-5-12-20-30)33(38-24-29-17-9-4-10-18-29)32(41-36)27-37-23-28-15-7-3-8-16-28/h3-22,32-36H,2,23-27H2,1H3/t32-,33+,34+,35-,36-/m1/s1. The van der Waals surface area contributed by atoms with Crippen molar-refractivity contribution >= 4 is 11.8 Å². The van der Waals surface area contributed by atoms with Gasteiger partial charge in [0.1, 0.15) is 29.9 Å². The highest BCUT2D eigenvalue weighted by Gasteiger charge is 2.48. The van der Waals surface area contributed by atoms with Crippen LogP contribution >= 0.6 is 11.8 Å². The second-order valence-electron chi connectivity index (χ2n) is 10.3. The summed E-state index contributed by atoms with van der Waals surface area (Å²) in [5.41, 5.74) is 4.19. The topological polar surface area (TPSA) is 46.2 Å². The Morgan fingerprint density at radius 2 is 0.929 bits per heavy atom. The molecule has 0 radical (unpaired) electrons. The van der Waals surface area contributed by atoms with Gasteiger partial charge in [-0.15, -0.1) is 11.8 Å². The lowest BCUT2D eigenvalue weighted by Crippen LogP contribution is -2.60. The number of hydrogen-bond donors (Lipinski definition) is 0. The SMILES string of the molecule is CCS[C@H]1O[C@H](COCc2ccccc2)[C@H](OCc2ccccc2)[C@H](OCc2ccccc2)[C@H]1OCc1ccccc1. The Kier molecular flexibility index (Phi) is 12.1. The maximum absolute atomic E-state index is 6.76. The van der Waals surface area contributed by atoms with Crippen LogP contribution in [0.4, 0.5) is 0 Å². The number of hydrogen-bond acceptors (Lipinski definition) is 6. The lowest BCUT2D eigenvalue weighted by molar-refractivity contribution is -0.254. The van der Waals surface area contributed by atoms with Crippen LogP contribution in [0.1, 0.15) is 29.2 Å². The normalized spacial score (nSPS) is 22.2. The fourth-order valence-electron chi connectivity index (χ4n) is 5.05. The molecule has 220 valence electrons. The largest absolute Gasteiger partial charge is 0.374 e. The lowest BCUT2D eigenvalue weighted by atomic mass is 9.98. The van der Waals surface area contributed by atoms with E-state index in [2.05, 4.69) is 55.5 Å². The maximum atomic E-state index is 6.76. The van der Waals surface area contributed by atoms with E-state index in [0.717, 1.165) is 28.0 Å². The van der Waals surface area contributed by atoms with E-state index in [1.54, 1.807) is 11.8 Å². The average molecular weight is 585 g/mol. The molecule has 0 spiro atoms. The van der Waals surface area contributed by atoms with Crippen molar-refractivity contribution in [2.75, 3.05) is 12.4 Å². The molecule has 6 heteroatoms. The number of thioether (sulfide) groups is 1. The molecule has 0 saturated carbocycles. The van der Waals surface area contributed by atoms with Gasteiger partial charge in [0, 0.05) is 0 Å². The second-order valence-corrected chi connectivity index (χ2v) is 11.7.